The molecule has 1 aliphatic heterocycles. The van der Waals surface area contributed by atoms with Crippen molar-refractivity contribution >= 4 is 29.8 Å². The number of carbonyl (C=O) groups excluding carboxylic acids is 5. The zero-order chi connectivity index (χ0) is 31.7. The smallest absolute Gasteiger partial charge is 0.303 e. The van der Waals surface area contributed by atoms with Crippen LogP contribution >= 0.6 is 0 Å². The average molecular weight is 604 g/mol. The molecule has 43 heavy (non-hydrogen) atoms. The van der Waals surface area contributed by atoms with Crippen LogP contribution in [0, 0.1) is 5.82 Å². The van der Waals surface area contributed by atoms with Crippen LogP contribution in [0.25, 0.3) is 11.1 Å². The van der Waals surface area contributed by atoms with Gasteiger partial charge in [-0.2, -0.15) is 0 Å². The predicted octanol–water partition coefficient (Wildman–Crippen LogP) is 2.63. The highest BCUT2D eigenvalue weighted by atomic mass is 19.1. The lowest BCUT2D eigenvalue weighted by Gasteiger charge is -2.43. The molecule has 0 saturated carbocycles. The second-order valence-electron chi connectivity index (χ2n) is 9.75. The first-order valence-electron chi connectivity index (χ1n) is 13.4. The summed E-state index contributed by atoms with van der Waals surface area (Å²) in [6, 6.07) is 10.8. The summed E-state index contributed by atoms with van der Waals surface area (Å²) in [5.74, 6) is -3.41. The van der Waals surface area contributed by atoms with Crippen molar-refractivity contribution in [2.45, 2.75) is 71.7 Å². The summed E-state index contributed by atoms with van der Waals surface area (Å²) in [5.41, 5.74) is 1.89. The van der Waals surface area contributed by atoms with Crippen LogP contribution in [0.1, 0.15) is 40.2 Å². The van der Waals surface area contributed by atoms with Gasteiger partial charge in [-0.15, -0.1) is 0 Å². The lowest BCUT2D eigenvalue weighted by Crippen LogP contribution is -2.63. The molecule has 12 nitrogen and oxygen atoms in total. The van der Waals surface area contributed by atoms with Gasteiger partial charge in [-0.1, -0.05) is 18.2 Å². The van der Waals surface area contributed by atoms with Crippen LogP contribution in [-0.4, -0.2) is 73.6 Å². The molecule has 0 spiro atoms. The zero-order valence-corrected chi connectivity index (χ0v) is 24.4. The van der Waals surface area contributed by atoms with Crippen molar-refractivity contribution in [1.29, 1.82) is 0 Å². The fraction of sp³-hybridized carbons (Fsp3) is 0.433. The number of halogens is 1. The van der Waals surface area contributed by atoms with Gasteiger partial charge < -0.3 is 33.7 Å². The molecule has 0 bridgehead atoms. The molecule has 2 aromatic carbocycles. The Balaban J connectivity index is 2.04. The van der Waals surface area contributed by atoms with E-state index in [1.54, 1.807) is 30.3 Å². The minimum Gasteiger partial charge on any atom is -0.463 e. The number of hydrogen-bond acceptors (Lipinski definition) is 11. The van der Waals surface area contributed by atoms with E-state index in [9.17, 15) is 28.4 Å². The number of amides is 1. The molecule has 1 aliphatic rings. The Hall–Kier alpha value is -4.52. The van der Waals surface area contributed by atoms with E-state index in [2.05, 4.69) is 5.32 Å². The van der Waals surface area contributed by atoms with Crippen molar-refractivity contribution in [2.75, 3.05) is 13.2 Å². The molecule has 5 atom stereocenters. The maximum absolute atomic E-state index is 14.2. The van der Waals surface area contributed by atoms with Crippen molar-refractivity contribution in [2.24, 2.45) is 0 Å². The van der Waals surface area contributed by atoms with Crippen LogP contribution in [0.15, 0.2) is 42.5 Å². The summed E-state index contributed by atoms with van der Waals surface area (Å²) in [6.07, 6.45) is -6.35. The molecule has 0 aliphatic carbocycles. The fourth-order valence-corrected chi connectivity index (χ4v) is 4.56. The Bertz CT molecular complexity index is 1350. The third kappa shape index (κ3) is 9.77. The van der Waals surface area contributed by atoms with Crippen LogP contribution in [0.5, 0.6) is 5.75 Å². The summed E-state index contributed by atoms with van der Waals surface area (Å²) in [7, 11) is 0. The fourth-order valence-electron chi connectivity index (χ4n) is 4.56. The van der Waals surface area contributed by atoms with Crippen LogP contribution in [0.3, 0.4) is 0 Å². The molecule has 0 aromatic heterocycles. The molecule has 1 fully saturated rings. The highest BCUT2D eigenvalue weighted by Crippen LogP contribution is 2.34. The quantitative estimate of drug-likeness (QED) is 0.298. The van der Waals surface area contributed by atoms with E-state index in [4.69, 9.17) is 28.4 Å². The van der Waals surface area contributed by atoms with E-state index < -0.39 is 67.0 Å². The maximum atomic E-state index is 14.2. The van der Waals surface area contributed by atoms with Gasteiger partial charge in [-0.3, -0.25) is 24.0 Å². The number of hydrogen-bond donors (Lipinski definition) is 1. The number of rotatable bonds is 11. The monoisotopic (exact) mass is 603 g/mol. The van der Waals surface area contributed by atoms with Gasteiger partial charge in [-0.25, -0.2) is 4.39 Å². The molecular weight excluding hydrogens is 569 g/mol. The maximum Gasteiger partial charge on any atom is 0.303 e. The summed E-state index contributed by atoms with van der Waals surface area (Å²) < 4.78 is 47.7. The van der Waals surface area contributed by atoms with E-state index in [1.165, 1.54) is 26.0 Å². The lowest BCUT2D eigenvalue weighted by atomic mass is 9.96. The predicted molar refractivity (Wildman–Crippen MR) is 147 cm³/mol. The van der Waals surface area contributed by atoms with Gasteiger partial charge in [0.2, 0.25) is 18.3 Å². The molecule has 1 amide bonds. The number of carbonyl (C=O) groups is 5. The molecule has 2 aromatic rings. The molecule has 1 saturated heterocycles. The molecule has 1 heterocycles. The lowest BCUT2D eigenvalue weighted by molar-refractivity contribution is -0.288. The van der Waals surface area contributed by atoms with Gasteiger partial charge in [0.05, 0.1) is 0 Å². The van der Waals surface area contributed by atoms with Gasteiger partial charge in [0.1, 0.15) is 24.3 Å². The summed E-state index contributed by atoms with van der Waals surface area (Å²) in [4.78, 5) is 59.1. The van der Waals surface area contributed by atoms with E-state index >= 15 is 0 Å². The SMILES string of the molecule is CC(=O)NCCc1ccc(OC2O[C@H](COC(C)=O)[C@@H](OC(C)=O)[C@H](OC(C)=O)[C@H]2OC(C)=O)cc1-c1cccc(F)c1. The van der Waals surface area contributed by atoms with Crippen molar-refractivity contribution in [3.05, 3.63) is 53.8 Å². The molecule has 232 valence electrons. The van der Waals surface area contributed by atoms with Crippen molar-refractivity contribution in [3.63, 3.8) is 0 Å². The molecule has 3 rings (SSSR count). The Morgan fingerprint density at radius 3 is 2.07 bits per heavy atom. The Morgan fingerprint density at radius 2 is 1.47 bits per heavy atom. The molecule has 13 heteroatoms. The van der Waals surface area contributed by atoms with Gasteiger partial charge in [0.15, 0.2) is 12.2 Å². The second kappa shape index (κ2) is 15.1. The number of nitrogens with one attached hydrogen (secondary N) is 1. The normalized spacial score (nSPS) is 21.2. The summed E-state index contributed by atoms with van der Waals surface area (Å²) in [6.45, 7) is 5.86. The zero-order valence-electron chi connectivity index (χ0n) is 24.4. The van der Waals surface area contributed by atoms with Crippen LogP contribution < -0.4 is 10.1 Å². The highest BCUT2D eigenvalue weighted by Gasteiger charge is 2.53. The molecular formula is C30H34FNO11. The first-order valence-corrected chi connectivity index (χ1v) is 13.4. The number of benzene rings is 2. The van der Waals surface area contributed by atoms with Gasteiger partial charge in [0.25, 0.3) is 0 Å². The van der Waals surface area contributed by atoms with Crippen molar-refractivity contribution < 1.29 is 56.8 Å². The van der Waals surface area contributed by atoms with Crippen molar-refractivity contribution in [1.82, 2.24) is 5.32 Å². The molecule has 1 N–H and O–H groups in total. The highest BCUT2D eigenvalue weighted by molar-refractivity contribution is 5.73. The van der Waals surface area contributed by atoms with Crippen molar-refractivity contribution in [3.8, 4) is 16.9 Å². The average Bonchev–Trinajstić information content (AvgIpc) is 2.90. The van der Waals surface area contributed by atoms with Crippen LogP contribution in [-0.2, 0) is 54.1 Å². The first-order chi connectivity index (χ1) is 20.3. The minimum atomic E-state index is -1.44. The Kier molecular flexibility index (Phi) is 11.6. The molecule has 0 radical (unpaired) electrons. The van der Waals surface area contributed by atoms with E-state index in [0.29, 0.717) is 24.1 Å². The summed E-state index contributed by atoms with van der Waals surface area (Å²) in [5, 5.41) is 2.73. The van der Waals surface area contributed by atoms with E-state index in [0.717, 1.165) is 26.3 Å². The minimum absolute atomic E-state index is 0.198. The number of esters is 4. The second-order valence-corrected chi connectivity index (χ2v) is 9.75. The van der Waals surface area contributed by atoms with Gasteiger partial charge in [0, 0.05) is 41.2 Å². The number of ether oxygens (including phenoxy) is 6. The third-order valence-corrected chi connectivity index (χ3v) is 6.19. The first kappa shape index (κ1) is 33.0. The Labute approximate surface area is 247 Å². The standard InChI is InChI=1S/C30H34FNO11/c1-16(33)32-12-11-21-9-10-24(14-25(21)22-7-6-8-23(31)13-22)42-30-29(41-20(5)37)28(40-19(4)36)27(39-18(3)35)26(43-30)15-38-17(2)34/h6-10,13-14,26-30H,11-12,15H2,1-5H3,(H,32,33)/t26-,27-,28+,29-,30?/m1/s1. The topological polar surface area (TPSA) is 153 Å². The van der Waals surface area contributed by atoms with Crippen LogP contribution in [0.2, 0.25) is 0 Å². The van der Waals surface area contributed by atoms with Crippen LogP contribution in [0.4, 0.5) is 4.39 Å². The Morgan fingerprint density at radius 1 is 0.814 bits per heavy atom. The van der Waals surface area contributed by atoms with Gasteiger partial charge in [-0.05, 0) is 47.4 Å². The van der Waals surface area contributed by atoms with Gasteiger partial charge >= 0.3 is 23.9 Å². The van der Waals surface area contributed by atoms with E-state index in [-0.39, 0.29) is 11.7 Å². The van der Waals surface area contributed by atoms with E-state index in [1.807, 2.05) is 0 Å². The summed E-state index contributed by atoms with van der Waals surface area (Å²) >= 11 is 0. The molecule has 1 unspecified atom stereocenters. The third-order valence-electron chi connectivity index (χ3n) is 6.19. The largest absolute Gasteiger partial charge is 0.463 e.